The highest BCUT2D eigenvalue weighted by molar-refractivity contribution is 5.80. The van der Waals surface area contributed by atoms with Gasteiger partial charge in [0.15, 0.2) is 0 Å². The van der Waals surface area contributed by atoms with Gasteiger partial charge in [-0.25, -0.2) is 0 Å². The first-order valence-electron chi connectivity index (χ1n) is 5.03. The molecule has 2 N–H and O–H groups in total. The van der Waals surface area contributed by atoms with Crippen molar-refractivity contribution in [3.8, 4) is 0 Å². The molecule has 0 saturated carbocycles. The molecule has 15 heavy (non-hydrogen) atoms. The van der Waals surface area contributed by atoms with Gasteiger partial charge in [-0.05, 0) is 6.92 Å². The van der Waals surface area contributed by atoms with Crippen LogP contribution in [-0.4, -0.2) is 30.8 Å². The lowest BCUT2D eigenvalue weighted by atomic mass is 9.84. The molecule has 1 fully saturated rings. The molecular formula is C11H15NO3. The van der Waals surface area contributed by atoms with Crippen LogP contribution < -0.4 is 5.73 Å². The molecule has 0 aromatic rings. The Hall–Kier alpha value is -1.13. The first kappa shape index (κ1) is 10.4. The van der Waals surface area contributed by atoms with Crippen molar-refractivity contribution in [1.29, 1.82) is 0 Å². The Morgan fingerprint density at radius 3 is 3.00 bits per heavy atom. The predicted molar refractivity (Wildman–Crippen MR) is 55.1 cm³/mol. The minimum Gasteiger partial charge on any atom is -0.371 e. The second-order valence-electron chi connectivity index (χ2n) is 4.07. The molecule has 0 aromatic heterocycles. The van der Waals surface area contributed by atoms with Gasteiger partial charge < -0.3 is 15.2 Å². The Balaban J connectivity index is 2.04. The molecule has 4 heteroatoms. The number of hydrogen-bond acceptors (Lipinski definition) is 3. The van der Waals surface area contributed by atoms with Crippen LogP contribution in [0.15, 0.2) is 24.3 Å². The van der Waals surface area contributed by atoms with Crippen molar-refractivity contribution < 1.29 is 14.3 Å². The Morgan fingerprint density at radius 2 is 2.40 bits per heavy atom. The molecule has 0 radical (unpaired) electrons. The fraction of sp³-hybridized carbons (Fsp3) is 0.545. The van der Waals surface area contributed by atoms with Crippen LogP contribution in [0, 0.1) is 5.92 Å². The van der Waals surface area contributed by atoms with Crippen LogP contribution in [0.3, 0.4) is 0 Å². The molecule has 1 aliphatic carbocycles. The molecule has 0 aromatic carbocycles. The van der Waals surface area contributed by atoms with Gasteiger partial charge >= 0.3 is 0 Å². The fourth-order valence-electron chi connectivity index (χ4n) is 1.67. The first-order chi connectivity index (χ1) is 7.12. The third-order valence-electron chi connectivity index (χ3n) is 2.75. The van der Waals surface area contributed by atoms with Crippen LogP contribution >= 0.6 is 0 Å². The monoisotopic (exact) mass is 209 g/mol. The molecule has 1 amide bonds. The van der Waals surface area contributed by atoms with Gasteiger partial charge in [0.1, 0.15) is 6.10 Å². The number of carbonyl (C=O) groups excluding carboxylic acids is 1. The molecule has 2 aliphatic rings. The minimum atomic E-state index is -0.632. The summed E-state index contributed by atoms with van der Waals surface area (Å²) < 4.78 is 10.8. The number of allylic oxidation sites excluding steroid dienone is 2. The number of carbonyl (C=O) groups is 1. The fourth-order valence-corrected chi connectivity index (χ4v) is 1.67. The molecule has 3 atom stereocenters. The maximum Gasteiger partial charge on any atom is 0.227 e. The highest BCUT2D eigenvalue weighted by Gasteiger charge is 2.38. The van der Waals surface area contributed by atoms with E-state index in [2.05, 4.69) is 0 Å². The van der Waals surface area contributed by atoms with E-state index in [0.717, 1.165) is 6.61 Å². The number of rotatable bonds is 4. The predicted octanol–water partition coefficient (Wildman–Crippen LogP) is 0.388. The van der Waals surface area contributed by atoms with Crippen LogP contribution in [0.5, 0.6) is 0 Å². The summed E-state index contributed by atoms with van der Waals surface area (Å²) in [6.45, 7) is 3.13. The second kappa shape index (κ2) is 3.79. The Kier molecular flexibility index (Phi) is 2.63. The lowest BCUT2D eigenvalue weighted by molar-refractivity contribution is -0.128. The molecule has 82 valence electrons. The van der Waals surface area contributed by atoms with E-state index in [9.17, 15) is 4.79 Å². The molecule has 0 spiro atoms. The number of ether oxygens (including phenoxy) is 2. The number of epoxide rings is 1. The van der Waals surface area contributed by atoms with Crippen LogP contribution in [0.25, 0.3) is 0 Å². The maximum atomic E-state index is 11.3. The normalized spacial score (nSPS) is 37.9. The molecule has 0 bridgehead atoms. The Bertz CT molecular complexity index is 320. The SMILES string of the molecule is CC1(OC[C@@H]2CO2)C=CC=CC1C(N)=O. The summed E-state index contributed by atoms with van der Waals surface area (Å²) in [6, 6.07) is 0. The number of amides is 1. The van der Waals surface area contributed by atoms with E-state index >= 15 is 0 Å². The van der Waals surface area contributed by atoms with Crippen LogP contribution in [0.2, 0.25) is 0 Å². The smallest absolute Gasteiger partial charge is 0.227 e. The quantitative estimate of drug-likeness (QED) is 0.681. The van der Waals surface area contributed by atoms with Gasteiger partial charge in [0.05, 0.1) is 24.7 Å². The van der Waals surface area contributed by atoms with Crippen LogP contribution in [0.1, 0.15) is 6.92 Å². The maximum absolute atomic E-state index is 11.3. The first-order valence-corrected chi connectivity index (χ1v) is 5.03. The summed E-state index contributed by atoms with van der Waals surface area (Å²) >= 11 is 0. The lowest BCUT2D eigenvalue weighted by Gasteiger charge is -2.33. The summed E-state index contributed by atoms with van der Waals surface area (Å²) in [5, 5.41) is 0. The third-order valence-corrected chi connectivity index (χ3v) is 2.75. The van der Waals surface area contributed by atoms with Gasteiger partial charge in [-0.1, -0.05) is 24.3 Å². The van der Waals surface area contributed by atoms with Crippen molar-refractivity contribution in [3.63, 3.8) is 0 Å². The van der Waals surface area contributed by atoms with E-state index in [-0.39, 0.29) is 12.0 Å². The standard InChI is InChI=1S/C11H15NO3/c1-11(15-7-8-6-14-8)5-3-2-4-9(11)10(12)13/h2-5,8-9H,6-7H2,1H3,(H2,12,13)/t8-,9?,11?/m0/s1. The Labute approximate surface area is 88.7 Å². The molecule has 4 nitrogen and oxygen atoms in total. The zero-order valence-corrected chi connectivity index (χ0v) is 8.68. The number of hydrogen-bond donors (Lipinski definition) is 1. The average molecular weight is 209 g/mol. The summed E-state index contributed by atoms with van der Waals surface area (Å²) in [5.41, 5.74) is 4.70. The van der Waals surface area contributed by atoms with Gasteiger partial charge in [0.25, 0.3) is 0 Å². The van der Waals surface area contributed by atoms with Crippen LogP contribution in [0.4, 0.5) is 0 Å². The molecule has 1 aliphatic heterocycles. The van der Waals surface area contributed by atoms with Gasteiger partial charge in [-0.3, -0.25) is 4.79 Å². The number of primary amides is 1. The molecule has 1 heterocycles. The van der Waals surface area contributed by atoms with Gasteiger partial charge in [-0.15, -0.1) is 0 Å². The molecular weight excluding hydrogens is 194 g/mol. The zero-order valence-electron chi connectivity index (χ0n) is 8.68. The Morgan fingerprint density at radius 1 is 1.67 bits per heavy atom. The number of nitrogens with two attached hydrogens (primary N) is 1. The van der Waals surface area contributed by atoms with E-state index < -0.39 is 11.5 Å². The van der Waals surface area contributed by atoms with Crippen molar-refractivity contribution in [1.82, 2.24) is 0 Å². The summed E-state index contributed by atoms with van der Waals surface area (Å²) in [6.07, 6.45) is 7.51. The molecule has 1 saturated heterocycles. The van der Waals surface area contributed by atoms with Gasteiger partial charge in [0, 0.05) is 0 Å². The summed E-state index contributed by atoms with van der Waals surface area (Å²) in [7, 11) is 0. The van der Waals surface area contributed by atoms with Crippen LogP contribution in [-0.2, 0) is 14.3 Å². The van der Waals surface area contributed by atoms with Gasteiger partial charge in [0.2, 0.25) is 5.91 Å². The van der Waals surface area contributed by atoms with Crippen molar-refractivity contribution in [3.05, 3.63) is 24.3 Å². The second-order valence-corrected chi connectivity index (χ2v) is 4.07. The molecule has 2 unspecified atom stereocenters. The highest BCUT2D eigenvalue weighted by atomic mass is 16.6. The zero-order chi connectivity index (χ0) is 10.9. The minimum absolute atomic E-state index is 0.189. The third kappa shape index (κ3) is 2.27. The summed E-state index contributed by atoms with van der Waals surface area (Å²) in [4.78, 5) is 11.3. The highest BCUT2D eigenvalue weighted by Crippen LogP contribution is 2.29. The largest absolute Gasteiger partial charge is 0.371 e. The molecule has 2 rings (SSSR count). The van der Waals surface area contributed by atoms with Crippen molar-refractivity contribution in [2.45, 2.75) is 18.6 Å². The van der Waals surface area contributed by atoms with E-state index in [1.165, 1.54) is 0 Å². The average Bonchev–Trinajstić information content (AvgIpc) is 2.98. The van der Waals surface area contributed by atoms with E-state index in [4.69, 9.17) is 15.2 Å². The lowest BCUT2D eigenvalue weighted by Crippen LogP contribution is -2.44. The summed E-state index contributed by atoms with van der Waals surface area (Å²) in [5.74, 6) is -0.768. The van der Waals surface area contributed by atoms with E-state index in [1.54, 1.807) is 6.08 Å². The van der Waals surface area contributed by atoms with Crippen molar-refractivity contribution >= 4 is 5.91 Å². The van der Waals surface area contributed by atoms with Crippen molar-refractivity contribution in [2.24, 2.45) is 11.7 Å². The topological polar surface area (TPSA) is 64.8 Å². The van der Waals surface area contributed by atoms with E-state index in [0.29, 0.717) is 6.61 Å². The van der Waals surface area contributed by atoms with Gasteiger partial charge in [-0.2, -0.15) is 0 Å². The van der Waals surface area contributed by atoms with E-state index in [1.807, 2.05) is 25.2 Å². The van der Waals surface area contributed by atoms with Crippen molar-refractivity contribution in [2.75, 3.05) is 13.2 Å².